The summed E-state index contributed by atoms with van der Waals surface area (Å²) < 4.78 is 1.09. The summed E-state index contributed by atoms with van der Waals surface area (Å²) in [6.07, 6.45) is 1.86. The number of carbonyl (C=O) groups excluding carboxylic acids is 1. The molecule has 0 atom stereocenters. The van der Waals surface area contributed by atoms with E-state index in [-0.39, 0.29) is 0 Å². The molecule has 1 aromatic heterocycles. The Morgan fingerprint density at radius 2 is 2.00 bits per heavy atom. The largest absolute Gasteiger partial charge is 0.307 e. The van der Waals surface area contributed by atoms with Crippen molar-refractivity contribution in [1.82, 2.24) is 4.98 Å². The van der Waals surface area contributed by atoms with Gasteiger partial charge in [-0.3, -0.25) is 4.98 Å². The summed E-state index contributed by atoms with van der Waals surface area (Å²) in [7, 11) is 0. The van der Waals surface area contributed by atoms with E-state index in [1.54, 1.807) is 0 Å². The fourth-order valence-corrected chi connectivity index (χ4v) is 1.07. The smallest absolute Gasteiger partial charge is 0.106 e. The molecular formula is C8H10BrNO. The minimum Gasteiger partial charge on any atom is -0.307 e. The lowest BCUT2D eigenvalue weighted by Crippen LogP contribution is -1.82. The van der Waals surface area contributed by atoms with Crippen molar-refractivity contribution in [2.24, 2.45) is 0 Å². The molecular weight excluding hydrogens is 206 g/mol. The number of hydrogen-bond acceptors (Lipinski definition) is 2. The van der Waals surface area contributed by atoms with Gasteiger partial charge in [0.25, 0.3) is 0 Å². The monoisotopic (exact) mass is 215 g/mol. The van der Waals surface area contributed by atoms with Crippen LogP contribution in [0.1, 0.15) is 11.3 Å². The maximum atomic E-state index is 8.00. The van der Waals surface area contributed by atoms with Gasteiger partial charge in [-0.2, -0.15) is 0 Å². The first-order valence-corrected chi connectivity index (χ1v) is 3.87. The van der Waals surface area contributed by atoms with Crippen LogP contribution < -0.4 is 0 Å². The van der Waals surface area contributed by atoms with Gasteiger partial charge in [0.15, 0.2) is 0 Å². The van der Waals surface area contributed by atoms with Crippen molar-refractivity contribution >= 4 is 22.7 Å². The van der Waals surface area contributed by atoms with Crippen LogP contribution in [0.5, 0.6) is 0 Å². The molecule has 0 fully saturated rings. The topological polar surface area (TPSA) is 30.0 Å². The number of halogens is 1. The first-order chi connectivity index (χ1) is 5.20. The third-order valence-electron chi connectivity index (χ3n) is 1.16. The Morgan fingerprint density at radius 1 is 1.45 bits per heavy atom. The summed E-state index contributed by atoms with van der Waals surface area (Å²) in [5, 5.41) is 0. The molecule has 0 aliphatic rings. The van der Waals surface area contributed by atoms with Crippen molar-refractivity contribution < 1.29 is 4.79 Å². The molecule has 1 rings (SSSR count). The van der Waals surface area contributed by atoms with Crippen LogP contribution in [0.3, 0.4) is 0 Å². The second kappa shape index (κ2) is 5.02. The van der Waals surface area contributed by atoms with Gasteiger partial charge in [0, 0.05) is 10.7 Å². The van der Waals surface area contributed by atoms with Crippen LogP contribution >= 0.6 is 15.9 Å². The minimum absolute atomic E-state index is 1.04. The zero-order valence-corrected chi connectivity index (χ0v) is 8.18. The quantitative estimate of drug-likeness (QED) is 0.665. The molecule has 0 radical (unpaired) electrons. The van der Waals surface area contributed by atoms with Gasteiger partial charge in [0.2, 0.25) is 0 Å². The summed E-state index contributed by atoms with van der Waals surface area (Å²) in [5.41, 5.74) is 2.23. The lowest BCUT2D eigenvalue weighted by molar-refractivity contribution is -0.0979. The molecule has 0 aliphatic carbocycles. The highest BCUT2D eigenvalue weighted by Gasteiger charge is 1.92. The normalized spacial score (nSPS) is 8.27. The summed E-state index contributed by atoms with van der Waals surface area (Å²) in [4.78, 5) is 12.1. The second-order valence-electron chi connectivity index (χ2n) is 2.08. The van der Waals surface area contributed by atoms with Crippen LogP contribution in [0.15, 0.2) is 16.7 Å². The second-order valence-corrected chi connectivity index (χ2v) is 2.93. The Kier molecular flexibility index (Phi) is 4.70. The van der Waals surface area contributed by atoms with E-state index in [4.69, 9.17) is 4.79 Å². The Hall–Kier alpha value is -0.700. The lowest BCUT2D eigenvalue weighted by Gasteiger charge is -1.95. The predicted molar refractivity (Wildman–Crippen MR) is 48.5 cm³/mol. The van der Waals surface area contributed by atoms with Crippen molar-refractivity contribution in [2.75, 3.05) is 0 Å². The van der Waals surface area contributed by atoms with Gasteiger partial charge in [-0.1, -0.05) is 0 Å². The molecule has 60 valence electrons. The molecule has 0 unspecified atom stereocenters. The maximum absolute atomic E-state index is 8.00. The van der Waals surface area contributed by atoms with Crippen LogP contribution in [-0.4, -0.2) is 11.8 Å². The number of nitrogens with zero attached hydrogens (tertiary/aromatic N) is 1. The zero-order chi connectivity index (χ0) is 8.85. The molecule has 2 nitrogen and oxygen atoms in total. The highest BCUT2D eigenvalue weighted by Crippen LogP contribution is 2.13. The van der Waals surface area contributed by atoms with Crippen LogP contribution in [-0.2, 0) is 4.79 Å². The Bertz CT molecular complexity index is 238. The Morgan fingerprint density at radius 3 is 2.36 bits per heavy atom. The van der Waals surface area contributed by atoms with Gasteiger partial charge >= 0.3 is 0 Å². The van der Waals surface area contributed by atoms with Crippen molar-refractivity contribution in [1.29, 1.82) is 0 Å². The number of aromatic nitrogens is 1. The van der Waals surface area contributed by atoms with Crippen LogP contribution in [0, 0.1) is 13.8 Å². The van der Waals surface area contributed by atoms with Crippen LogP contribution in [0.25, 0.3) is 0 Å². The molecule has 0 bridgehead atoms. The molecule has 1 heterocycles. The third-order valence-corrected chi connectivity index (χ3v) is 1.96. The molecule has 0 aliphatic heterocycles. The predicted octanol–water partition coefficient (Wildman–Crippen LogP) is 2.28. The first kappa shape index (κ1) is 10.3. The van der Waals surface area contributed by atoms with Crippen molar-refractivity contribution in [3.63, 3.8) is 0 Å². The fourth-order valence-electron chi connectivity index (χ4n) is 0.602. The van der Waals surface area contributed by atoms with Gasteiger partial charge in [-0.15, -0.1) is 0 Å². The number of rotatable bonds is 0. The Labute approximate surface area is 74.8 Å². The van der Waals surface area contributed by atoms with E-state index in [1.165, 1.54) is 5.56 Å². The standard InChI is InChI=1S/C7H8BrN.CH2O/c1-5-3-7(8)6(2)9-4-5;1-2/h3-4H,1-2H3;1H2. The molecule has 0 spiro atoms. The van der Waals surface area contributed by atoms with Gasteiger partial charge in [0.05, 0.1) is 5.69 Å². The molecule has 0 amide bonds. The van der Waals surface area contributed by atoms with Gasteiger partial charge in [-0.25, -0.2) is 0 Å². The highest BCUT2D eigenvalue weighted by molar-refractivity contribution is 9.10. The molecule has 0 saturated heterocycles. The number of carbonyl (C=O) groups is 1. The Balaban J connectivity index is 0.000000461. The number of hydrogen-bond donors (Lipinski definition) is 0. The average molecular weight is 216 g/mol. The van der Waals surface area contributed by atoms with E-state index in [9.17, 15) is 0 Å². The van der Waals surface area contributed by atoms with E-state index >= 15 is 0 Å². The first-order valence-electron chi connectivity index (χ1n) is 3.08. The zero-order valence-electron chi connectivity index (χ0n) is 6.60. The average Bonchev–Trinajstić information content (AvgIpc) is 2.02. The van der Waals surface area contributed by atoms with E-state index in [2.05, 4.69) is 27.0 Å². The maximum Gasteiger partial charge on any atom is 0.106 e. The van der Waals surface area contributed by atoms with Crippen molar-refractivity contribution in [3.8, 4) is 0 Å². The van der Waals surface area contributed by atoms with Crippen LogP contribution in [0.4, 0.5) is 0 Å². The van der Waals surface area contributed by atoms with E-state index < -0.39 is 0 Å². The lowest BCUT2D eigenvalue weighted by atomic mass is 10.3. The summed E-state index contributed by atoms with van der Waals surface area (Å²) in [5.74, 6) is 0. The molecule has 0 saturated carbocycles. The highest BCUT2D eigenvalue weighted by atomic mass is 79.9. The van der Waals surface area contributed by atoms with Gasteiger partial charge < -0.3 is 4.79 Å². The van der Waals surface area contributed by atoms with Crippen LogP contribution in [0.2, 0.25) is 0 Å². The summed E-state index contributed by atoms with van der Waals surface area (Å²) in [6.45, 7) is 6.00. The molecule has 0 aromatic carbocycles. The van der Waals surface area contributed by atoms with E-state index in [0.717, 1.165) is 10.2 Å². The van der Waals surface area contributed by atoms with E-state index in [1.807, 2.05) is 26.8 Å². The third kappa shape index (κ3) is 3.28. The van der Waals surface area contributed by atoms with Crippen molar-refractivity contribution in [3.05, 3.63) is 28.0 Å². The van der Waals surface area contributed by atoms with Gasteiger partial charge in [0.1, 0.15) is 6.79 Å². The van der Waals surface area contributed by atoms with Gasteiger partial charge in [-0.05, 0) is 41.4 Å². The minimum atomic E-state index is 1.04. The molecule has 0 N–H and O–H groups in total. The van der Waals surface area contributed by atoms with E-state index in [0.29, 0.717) is 0 Å². The molecule has 1 aromatic rings. The number of pyridine rings is 1. The van der Waals surface area contributed by atoms with Crippen molar-refractivity contribution in [2.45, 2.75) is 13.8 Å². The molecule has 11 heavy (non-hydrogen) atoms. The summed E-state index contributed by atoms with van der Waals surface area (Å²) in [6, 6.07) is 2.06. The summed E-state index contributed by atoms with van der Waals surface area (Å²) >= 11 is 3.38. The SMILES string of the molecule is C=O.Cc1cnc(C)c(Br)c1. The fraction of sp³-hybridized carbons (Fsp3) is 0.250. The molecule has 3 heteroatoms. The number of aryl methyl sites for hydroxylation is 2.